The van der Waals surface area contributed by atoms with E-state index in [2.05, 4.69) is 5.32 Å². The molecular weight excluding hydrogens is 150 g/mol. The van der Waals surface area contributed by atoms with E-state index in [9.17, 15) is 0 Å². The highest BCUT2D eigenvalue weighted by Gasteiger charge is 2.47. The minimum absolute atomic E-state index is 0. The second-order valence-electron chi connectivity index (χ2n) is 3.46. The van der Waals surface area contributed by atoms with Gasteiger partial charge in [0.1, 0.15) is 0 Å². The molecule has 0 aromatic heterocycles. The van der Waals surface area contributed by atoms with Gasteiger partial charge in [0.25, 0.3) is 0 Å². The van der Waals surface area contributed by atoms with Gasteiger partial charge in [-0.2, -0.15) is 0 Å². The Morgan fingerprint density at radius 3 is 2.50 bits per heavy atom. The normalized spacial score (nSPS) is 33.9. The van der Waals surface area contributed by atoms with Crippen molar-refractivity contribution in [1.82, 2.24) is 5.32 Å². The van der Waals surface area contributed by atoms with Crippen LogP contribution in [0.3, 0.4) is 0 Å². The van der Waals surface area contributed by atoms with Crippen LogP contribution in [-0.4, -0.2) is 24.3 Å². The lowest BCUT2D eigenvalue weighted by atomic mass is 10.0. The average molecular weight is 164 g/mol. The maximum Gasteiger partial charge on any atom is 0.0584 e. The maximum atomic E-state index is 8.76. The Morgan fingerprint density at radius 1 is 1.50 bits per heavy atom. The number of halogens is 1. The Balaban J connectivity index is 0.000000500. The van der Waals surface area contributed by atoms with Gasteiger partial charge >= 0.3 is 0 Å². The van der Waals surface area contributed by atoms with E-state index in [-0.39, 0.29) is 12.4 Å². The summed E-state index contributed by atoms with van der Waals surface area (Å²) in [6.07, 6.45) is 3.98. The molecule has 3 heteroatoms. The van der Waals surface area contributed by atoms with Crippen LogP contribution in [0, 0.1) is 5.41 Å². The minimum atomic E-state index is 0. The van der Waals surface area contributed by atoms with Gasteiger partial charge < -0.3 is 10.4 Å². The second kappa shape index (κ2) is 2.68. The van der Waals surface area contributed by atoms with E-state index in [4.69, 9.17) is 5.11 Å². The van der Waals surface area contributed by atoms with Gasteiger partial charge in [-0.15, -0.1) is 12.4 Å². The van der Waals surface area contributed by atoms with Gasteiger partial charge in [0, 0.05) is 12.6 Å². The van der Waals surface area contributed by atoms with Crippen LogP contribution in [0.25, 0.3) is 0 Å². The number of hydrogen-bond acceptors (Lipinski definition) is 2. The van der Waals surface area contributed by atoms with Gasteiger partial charge in [0.2, 0.25) is 0 Å². The summed E-state index contributed by atoms with van der Waals surface area (Å²) in [6, 6.07) is 0.410. The van der Waals surface area contributed by atoms with Crippen LogP contribution in [0.15, 0.2) is 0 Å². The van der Waals surface area contributed by atoms with Crippen molar-refractivity contribution in [3.05, 3.63) is 0 Å². The van der Waals surface area contributed by atoms with Gasteiger partial charge in [0.05, 0.1) is 6.61 Å². The Bertz CT molecular complexity index is 125. The fourth-order valence-corrected chi connectivity index (χ4v) is 1.71. The van der Waals surface area contributed by atoms with Crippen molar-refractivity contribution in [3.63, 3.8) is 0 Å². The fourth-order valence-electron chi connectivity index (χ4n) is 1.71. The molecule has 0 bridgehead atoms. The Hall–Kier alpha value is 0.210. The fraction of sp³-hybridized carbons (Fsp3) is 1.00. The standard InChI is InChI=1S/C7H13NO.ClH/c9-4-6-3-7(1-2-7)5-8-6;/h6,8-9H,1-5H2;1H. The second-order valence-corrected chi connectivity index (χ2v) is 3.46. The molecule has 0 amide bonds. The largest absolute Gasteiger partial charge is 0.395 e. The molecule has 10 heavy (non-hydrogen) atoms. The third-order valence-electron chi connectivity index (χ3n) is 2.62. The average Bonchev–Trinajstić information content (AvgIpc) is 2.44. The number of rotatable bonds is 1. The van der Waals surface area contributed by atoms with Gasteiger partial charge in [-0.3, -0.25) is 0 Å². The van der Waals surface area contributed by atoms with Crippen LogP contribution < -0.4 is 5.32 Å². The third kappa shape index (κ3) is 1.29. The number of aliphatic hydroxyl groups excluding tert-OH is 1. The first-order valence-corrected chi connectivity index (χ1v) is 3.69. The lowest BCUT2D eigenvalue weighted by Gasteiger charge is -2.03. The van der Waals surface area contributed by atoms with Crippen molar-refractivity contribution in [1.29, 1.82) is 0 Å². The molecule has 2 rings (SSSR count). The van der Waals surface area contributed by atoms with Gasteiger partial charge in [-0.1, -0.05) is 0 Å². The first-order valence-electron chi connectivity index (χ1n) is 3.69. The minimum Gasteiger partial charge on any atom is -0.395 e. The van der Waals surface area contributed by atoms with Crippen LogP contribution in [0.4, 0.5) is 0 Å². The molecule has 2 aliphatic rings. The highest BCUT2D eigenvalue weighted by atomic mass is 35.5. The highest BCUT2D eigenvalue weighted by molar-refractivity contribution is 5.85. The summed E-state index contributed by atoms with van der Waals surface area (Å²) in [4.78, 5) is 0. The molecule has 1 unspecified atom stereocenters. The van der Waals surface area contributed by atoms with Crippen LogP contribution in [0.5, 0.6) is 0 Å². The zero-order valence-corrected chi connectivity index (χ0v) is 6.78. The summed E-state index contributed by atoms with van der Waals surface area (Å²) in [5.41, 5.74) is 0.646. The van der Waals surface area contributed by atoms with E-state index in [0.29, 0.717) is 18.1 Å². The van der Waals surface area contributed by atoms with Gasteiger partial charge in [-0.25, -0.2) is 0 Å². The molecule has 1 heterocycles. The SMILES string of the molecule is Cl.OCC1CC2(CC2)CN1. The van der Waals surface area contributed by atoms with E-state index in [1.165, 1.54) is 19.3 Å². The maximum absolute atomic E-state index is 8.76. The molecule has 60 valence electrons. The van der Waals surface area contributed by atoms with Crippen LogP contribution in [-0.2, 0) is 0 Å². The van der Waals surface area contributed by atoms with E-state index < -0.39 is 0 Å². The monoisotopic (exact) mass is 163 g/mol. The molecule has 2 N–H and O–H groups in total. The molecular formula is C7H14ClNO. The lowest BCUT2D eigenvalue weighted by Crippen LogP contribution is -2.24. The molecule has 0 radical (unpaired) electrons. The van der Waals surface area contributed by atoms with Gasteiger partial charge in [0.15, 0.2) is 0 Å². The van der Waals surface area contributed by atoms with Crippen molar-refractivity contribution in [3.8, 4) is 0 Å². The van der Waals surface area contributed by atoms with Crippen LogP contribution >= 0.6 is 12.4 Å². The van der Waals surface area contributed by atoms with E-state index in [0.717, 1.165) is 6.54 Å². The molecule has 0 aromatic carbocycles. The molecule has 1 atom stereocenters. The predicted molar refractivity (Wildman–Crippen MR) is 42.4 cm³/mol. The zero-order chi connectivity index (χ0) is 6.32. The quantitative estimate of drug-likeness (QED) is 0.592. The van der Waals surface area contributed by atoms with Crippen LogP contribution in [0.1, 0.15) is 19.3 Å². The smallest absolute Gasteiger partial charge is 0.0584 e. The molecule has 1 aliphatic carbocycles. The van der Waals surface area contributed by atoms with Crippen molar-refractivity contribution >= 4 is 12.4 Å². The summed E-state index contributed by atoms with van der Waals surface area (Å²) in [5.74, 6) is 0. The summed E-state index contributed by atoms with van der Waals surface area (Å²) >= 11 is 0. The molecule has 2 nitrogen and oxygen atoms in total. The predicted octanol–water partition coefficient (Wildman–Crippen LogP) is 0.543. The van der Waals surface area contributed by atoms with E-state index in [1.807, 2.05) is 0 Å². The molecule has 1 aliphatic heterocycles. The topological polar surface area (TPSA) is 32.3 Å². The molecule has 2 fully saturated rings. The Kier molecular flexibility index (Phi) is 2.23. The zero-order valence-electron chi connectivity index (χ0n) is 5.97. The van der Waals surface area contributed by atoms with Crippen LogP contribution in [0.2, 0.25) is 0 Å². The number of aliphatic hydroxyl groups is 1. The van der Waals surface area contributed by atoms with Crippen molar-refractivity contribution in [2.75, 3.05) is 13.2 Å². The molecule has 1 saturated heterocycles. The lowest BCUT2D eigenvalue weighted by molar-refractivity contribution is 0.252. The Labute approximate surface area is 67.4 Å². The highest BCUT2D eigenvalue weighted by Crippen LogP contribution is 2.51. The van der Waals surface area contributed by atoms with E-state index >= 15 is 0 Å². The number of hydrogen-bond donors (Lipinski definition) is 2. The first kappa shape index (κ1) is 8.31. The summed E-state index contributed by atoms with van der Waals surface area (Å²) < 4.78 is 0. The van der Waals surface area contributed by atoms with Gasteiger partial charge in [-0.05, 0) is 24.7 Å². The molecule has 1 spiro atoms. The van der Waals surface area contributed by atoms with Crippen molar-refractivity contribution < 1.29 is 5.11 Å². The summed E-state index contributed by atoms with van der Waals surface area (Å²) in [5, 5.41) is 12.1. The Morgan fingerprint density at radius 2 is 2.20 bits per heavy atom. The molecule has 1 saturated carbocycles. The van der Waals surface area contributed by atoms with E-state index in [1.54, 1.807) is 0 Å². The number of nitrogens with one attached hydrogen (secondary N) is 1. The van der Waals surface area contributed by atoms with Crippen molar-refractivity contribution in [2.45, 2.75) is 25.3 Å². The summed E-state index contributed by atoms with van der Waals surface area (Å²) in [6.45, 7) is 1.47. The van der Waals surface area contributed by atoms with Crippen molar-refractivity contribution in [2.24, 2.45) is 5.41 Å². The summed E-state index contributed by atoms with van der Waals surface area (Å²) in [7, 11) is 0. The third-order valence-corrected chi connectivity index (χ3v) is 2.62. The first-order chi connectivity index (χ1) is 4.35. The molecule has 0 aromatic rings.